The summed E-state index contributed by atoms with van der Waals surface area (Å²) in [5.41, 5.74) is 0. The van der Waals surface area contributed by atoms with Crippen molar-refractivity contribution in [1.82, 2.24) is 4.90 Å². The Hall–Kier alpha value is -1.75. The van der Waals surface area contributed by atoms with E-state index in [-0.39, 0.29) is 24.7 Å². The van der Waals surface area contributed by atoms with E-state index in [0.717, 1.165) is 11.5 Å². The Morgan fingerprint density at radius 2 is 2.10 bits per heavy atom. The van der Waals surface area contributed by atoms with Crippen LogP contribution in [0.5, 0.6) is 11.5 Å². The number of esters is 1. The number of benzene rings is 1. The summed E-state index contributed by atoms with van der Waals surface area (Å²) in [6, 6.07) is 7.84. The van der Waals surface area contributed by atoms with Crippen LogP contribution in [-0.2, 0) is 9.53 Å². The van der Waals surface area contributed by atoms with E-state index in [1.54, 1.807) is 0 Å². The second-order valence-corrected chi connectivity index (χ2v) is 5.10. The van der Waals surface area contributed by atoms with Crippen LogP contribution in [0.4, 0.5) is 0 Å². The van der Waals surface area contributed by atoms with E-state index < -0.39 is 0 Å². The number of hydrogen-bond acceptors (Lipinski definition) is 5. The van der Waals surface area contributed by atoms with Crippen LogP contribution in [0.2, 0.25) is 0 Å². The third kappa shape index (κ3) is 3.63. The molecule has 0 aromatic heterocycles. The number of fused-ring (bicyclic) bond motifs is 1. The molecular weight excluding hydrogens is 258 g/mol. The summed E-state index contributed by atoms with van der Waals surface area (Å²) in [7, 11) is 1.40. The van der Waals surface area contributed by atoms with Gasteiger partial charge in [-0.1, -0.05) is 12.1 Å². The van der Waals surface area contributed by atoms with E-state index in [2.05, 4.69) is 0 Å². The van der Waals surface area contributed by atoms with Gasteiger partial charge in [-0.05, 0) is 26.0 Å². The fourth-order valence-electron chi connectivity index (χ4n) is 2.10. The van der Waals surface area contributed by atoms with Crippen LogP contribution >= 0.6 is 0 Å². The molecule has 1 heterocycles. The van der Waals surface area contributed by atoms with Gasteiger partial charge in [0.2, 0.25) is 0 Å². The summed E-state index contributed by atoms with van der Waals surface area (Å²) in [6.45, 7) is 5.46. The van der Waals surface area contributed by atoms with Gasteiger partial charge in [0.25, 0.3) is 0 Å². The van der Waals surface area contributed by atoms with Gasteiger partial charge in [0.05, 0.1) is 13.7 Å². The fraction of sp³-hybridized carbons (Fsp3) is 0.533. The van der Waals surface area contributed by atoms with Crippen molar-refractivity contribution in [3.63, 3.8) is 0 Å². The number of rotatable bonds is 5. The van der Waals surface area contributed by atoms with Crippen molar-refractivity contribution in [2.45, 2.75) is 26.0 Å². The van der Waals surface area contributed by atoms with Crippen molar-refractivity contribution >= 4 is 5.97 Å². The molecule has 5 heteroatoms. The quantitative estimate of drug-likeness (QED) is 0.768. The van der Waals surface area contributed by atoms with E-state index in [1.165, 1.54) is 7.11 Å². The largest absolute Gasteiger partial charge is 0.486 e. The molecule has 0 N–H and O–H groups in total. The monoisotopic (exact) mass is 279 g/mol. The predicted octanol–water partition coefficient (Wildman–Crippen LogP) is 1.71. The minimum Gasteiger partial charge on any atom is -0.486 e. The SMILES string of the molecule is COC(=O)CN(CC1COc2ccccc2O1)C(C)C. The summed E-state index contributed by atoms with van der Waals surface area (Å²) < 4.78 is 16.3. The number of ether oxygens (including phenoxy) is 3. The summed E-state index contributed by atoms with van der Waals surface area (Å²) >= 11 is 0. The van der Waals surface area contributed by atoms with Crippen LogP contribution in [0.25, 0.3) is 0 Å². The van der Waals surface area contributed by atoms with Crippen molar-refractivity contribution in [3.8, 4) is 11.5 Å². The van der Waals surface area contributed by atoms with Crippen LogP contribution in [-0.4, -0.2) is 49.8 Å². The molecule has 0 fully saturated rings. The zero-order valence-corrected chi connectivity index (χ0v) is 12.2. The summed E-state index contributed by atoms with van der Waals surface area (Å²) in [5.74, 6) is 1.29. The van der Waals surface area contributed by atoms with Gasteiger partial charge in [0.1, 0.15) is 12.7 Å². The van der Waals surface area contributed by atoms with Crippen molar-refractivity contribution in [1.29, 1.82) is 0 Å². The maximum atomic E-state index is 11.4. The van der Waals surface area contributed by atoms with E-state index in [4.69, 9.17) is 14.2 Å². The number of nitrogens with zero attached hydrogens (tertiary/aromatic N) is 1. The summed E-state index contributed by atoms with van der Waals surface area (Å²) in [6.07, 6.45) is -0.0862. The molecule has 110 valence electrons. The minimum atomic E-state index is -0.240. The standard InChI is InChI=1S/C15H21NO4/c1-11(2)16(9-15(17)18-3)8-12-10-19-13-6-4-5-7-14(13)20-12/h4-7,11-12H,8-10H2,1-3H3. The van der Waals surface area contributed by atoms with E-state index >= 15 is 0 Å². The molecule has 0 saturated carbocycles. The molecule has 0 bridgehead atoms. The molecule has 1 aromatic rings. The first-order valence-corrected chi connectivity index (χ1v) is 6.79. The second-order valence-electron chi connectivity index (χ2n) is 5.10. The van der Waals surface area contributed by atoms with E-state index in [9.17, 15) is 4.79 Å². The Kier molecular flexibility index (Phi) is 4.84. The van der Waals surface area contributed by atoms with Crippen molar-refractivity contribution < 1.29 is 19.0 Å². The Labute approximate surface area is 119 Å². The predicted molar refractivity (Wildman–Crippen MR) is 75.1 cm³/mol. The molecule has 0 amide bonds. The van der Waals surface area contributed by atoms with Gasteiger partial charge in [-0.2, -0.15) is 0 Å². The lowest BCUT2D eigenvalue weighted by Gasteiger charge is -2.32. The molecule has 2 rings (SSSR count). The first-order chi connectivity index (χ1) is 9.60. The van der Waals surface area contributed by atoms with E-state index in [0.29, 0.717) is 13.2 Å². The molecule has 1 aromatic carbocycles. The maximum absolute atomic E-state index is 11.4. The lowest BCUT2D eigenvalue weighted by atomic mass is 10.2. The summed E-state index contributed by atoms with van der Waals surface area (Å²) in [5, 5.41) is 0. The molecule has 0 saturated heterocycles. The lowest BCUT2D eigenvalue weighted by Crippen LogP contribution is -2.46. The molecule has 1 unspecified atom stereocenters. The molecule has 0 radical (unpaired) electrons. The molecule has 20 heavy (non-hydrogen) atoms. The van der Waals surface area contributed by atoms with Crippen LogP contribution in [0.15, 0.2) is 24.3 Å². The first-order valence-electron chi connectivity index (χ1n) is 6.79. The van der Waals surface area contributed by atoms with Crippen LogP contribution in [0, 0.1) is 0 Å². The Bertz CT molecular complexity index is 461. The molecule has 1 aliphatic rings. The Balaban J connectivity index is 1.97. The fourth-order valence-corrected chi connectivity index (χ4v) is 2.10. The molecule has 1 atom stereocenters. The second kappa shape index (κ2) is 6.61. The van der Waals surface area contributed by atoms with Crippen molar-refractivity contribution in [3.05, 3.63) is 24.3 Å². The van der Waals surface area contributed by atoms with Crippen LogP contribution in [0.3, 0.4) is 0 Å². The number of carbonyl (C=O) groups excluding carboxylic acids is 1. The Morgan fingerprint density at radius 1 is 1.40 bits per heavy atom. The average Bonchev–Trinajstić information content (AvgIpc) is 2.46. The number of methoxy groups -OCH3 is 1. The highest BCUT2D eigenvalue weighted by atomic mass is 16.6. The van der Waals surface area contributed by atoms with E-state index in [1.807, 2.05) is 43.0 Å². The highest BCUT2D eigenvalue weighted by Gasteiger charge is 2.25. The van der Waals surface area contributed by atoms with Gasteiger partial charge in [0.15, 0.2) is 11.5 Å². The normalized spacial score (nSPS) is 17.4. The van der Waals surface area contributed by atoms with Gasteiger partial charge < -0.3 is 14.2 Å². The zero-order chi connectivity index (χ0) is 14.5. The maximum Gasteiger partial charge on any atom is 0.319 e. The number of carbonyl (C=O) groups is 1. The van der Waals surface area contributed by atoms with Gasteiger partial charge in [-0.25, -0.2) is 0 Å². The van der Waals surface area contributed by atoms with Crippen LogP contribution < -0.4 is 9.47 Å². The smallest absolute Gasteiger partial charge is 0.319 e. The highest BCUT2D eigenvalue weighted by molar-refractivity contribution is 5.71. The number of hydrogen-bond donors (Lipinski definition) is 0. The third-order valence-electron chi connectivity index (χ3n) is 3.30. The van der Waals surface area contributed by atoms with Gasteiger partial charge >= 0.3 is 5.97 Å². The topological polar surface area (TPSA) is 48.0 Å². The van der Waals surface area contributed by atoms with Gasteiger partial charge in [-0.3, -0.25) is 9.69 Å². The molecule has 0 spiro atoms. The molecule has 0 aliphatic carbocycles. The molecule has 1 aliphatic heterocycles. The Morgan fingerprint density at radius 3 is 2.75 bits per heavy atom. The van der Waals surface area contributed by atoms with Crippen LogP contribution in [0.1, 0.15) is 13.8 Å². The van der Waals surface area contributed by atoms with Gasteiger partial charge in [-0.15, -0.1) is 0 Å². The molecule has 5 nitrogen and oxygen atoms in total. The third-order valence-corrected chi connectivity index (χ3v) is 3.30. The number of para-hydroxylation sites is 2. The zero-order valence-electron chi connectivity index (χ0n) is 12.2. The first kappa shape index (κ1) is 14.7. The molecular formula is C15H21NO4. The average molecular weight is 279 g/mol. The van der Waals surface area contributed by atoms with Crippen molar-refractivity contribution in [2.24, 2.45) is 0 Å². The van der Waals surface area contributed by atoms with Gasteiger partial charge in [0, 0.05) is 12.6 Å². The lowest BCUT2D eigenvalue weighted by molar-refractivity contribution is -0.142. The summed E-state index contributed by atoms with van der Waals surface area (Å²) in [4.78, 5) is 13.5. The van der Waals surface area contributed by atoms with Crippen molar-refractivity contribution in [2.75, 3.05) is 26.8 Å². The highest BCUT2D eigenvalue weighted by Crippen LogP contribution is 2.31. The minimum absolute atomic E-state index is 0.0862.